The van der Waals surface area contributed by atoms with Gasteiger partial charge in [-0.05, 0) is 56.7 Å². The normalized spacial score (nSPS) is 23.9. The lowest BCUT2D eigenvalue weighted by molar-refractivity contribution is 0.223. The number of nitrogens with two attached hydrogens (primary N) is 1. The van der Waals surface area contributed by atoms with Crippen molar-refractivity contribution < 1.29 is 0 Å². The second-order valence-electron chi connectivity index (χ2n) is 6.60. The van der Waals surface area contributed by atoms with Crippen molar-refractivity contribution in [3.05, 3.63) is 30.1 Å². The molecule has 1 aliphatic heterocycles. The summed E-state index contributed by atoms with van der Waals surface area (Å²) in [5.41, 5.74) is 7.27. The topological polar surface area (TPSA) is 78.0 Å². The first-order chi connectivity index (χ1) is 11.3. The summed E-state index contributed by atoms with van der Waals surface area (Å²) in [6.07, 6.45) is 9.39. The van der Waals surface area contributed by atoms with Crippen LogP contribution in [0, 0.1) is 11.3 Å². The van der Waals surface area contributed by atoms with E-state index in [0.717, 1.165) is 49.1 Å². The molecule has 0 aromatic carbocycles. The molecule has 1 saturated carbocycles. The molecule has 1 saturated heterocycles. The van der Waals surface area contributed by atoms with Gasteiger partial charge in [0.2, 0.25) is 0 Å². The Morgan fingerprint density at radius 1 is 1.39 bits per heavy atom. The molecule has 1 aliphatic carbocycles. The van der Waals surface area contributed by atoms with Crippen LogP contribution in [0.25, 0.3) is 5.57 Å². The Hall–Kier alpha value is -1.88. The second kappa shape index (κ2) is 7.59. The van der Waals surface area contributed by atoms with Crippen LogP contribution in [0.2, 0.25) is 0 Å². The second-order valence-corrected chi connectivity index (χ2v) is 6.60. The fourth-order valence-electron chi connectivity index (χ4n) is 3.22. The van der Waals surface area contributed by atoms with E-state index in [1.165, 1.54) is 31.9 Å². The first-order valence-corrected chi connectivity index (χ1v) is 8.69. The van der Waals surface area contributed by atoms with Crippen LogP contribution in [-0.2, 0) is 0 Å². The summed E-state index contributed by atoms with van der Waals surface area (Å²) < 4.78 is 0. The third-order valence-electron chi connectivity index (χ3n) is 4.89. The first-order valence-electron chi connectivity index (χ1n) is 8.69. The molecule has 3 rings (SSSR count). The molecule has 0 radical (unpaired) electrons. The molecule has 0 amide bonds. The summed E-state index contributed by atoms with van der Waals surface area (Å²) in [6.45, 7) is 2.97. The molecule has 0 unspecified atom stereocenters. The molecule has 5 nitrogen and oxygen atoms in total. The number of hydrogen-bond donors (Lipinski definition) is 3. The average Bonchev–Trinajstić information content (AvgIpc) is 2.47. The van der Waals surface area contributed by atoms with Crippen LogP contribution < -0.4 is 16.0 Å². The maximum Gasteiger partial charge on any atom is 0.129 e. The quantitative estimate of drug-likeness (QED) is 0.644. The summed E-state index contributed by atoms with van der Waals surface area (Å²) in [6, 6.07) is 6.59. The fourth-order valence-corrected chi connectivity index (χ4v) is 3.22. The molecule has 2 fully saturated rings. The highest BCUT2D eigenvalue weighted by Gasteiger charge is 2.27. The molecule has 5 heteroatoms. The molecule has 1 aromatic rings. The maximum atomic E-state index is 7.68. The van der Waals surface area contributed by atoms with E-state index in [-0.39, 0.29) is 0 Å². The van der Waals surface area contributed by atoms with Crippen LogP contribution in [0.1, 0.15) is 37.8 Å². The highest BCUT2D eigenvalue weighted by Crippen LogP contribution is 2.31. The number of anilines is 1. The van der Waals surface area contributed by atoms with Gasteiger partial charge in [0.1, 0.15) is 5.82 Å². The van der Waals surface area contributed by atoms with E-state index in [2.05, 4.69) is 10.2 Å². The van der Waals surface area contributed by atoms with Crippen molar-refractivity contribution in [2.45, 2.75) is 38.1 Å². The Kier molecular flexibility index (Phi) is 5.28. The Morgan fingerprint density at radius 3 is 2.87 bits per heavy atom. The van der Waals surface area contributed by atoms with E-state index >= 15 is 0 Å². The minimum absolute atomic E-state index is 0.534. The van der Waals surface area contributed by atoms with E-state index in [1.54, 1.807) is 0 Å². The lowest BCUT2D eigenvalue weighted by atomic mass is 9.77. The molecule has 4 N–H and O–H groups in total. The molecule has 1 aromatic heterocycles. The first kappa shape index (κ1) is 16.0. The van der Waals surface area contributed by atoms with Crippen LogP contribution in [0.5, 0.6) is 0 Å². The van der Waals surface area contributed by atoms with E-state index in [9.17, 15) is 0 Å². The standard InChI is InChI=1S/C18H27N5/c19-7-2-4-14-10-16(11-14)21-13-15(12-20)17-5-1-6-18(22-17)23-8-3-9-23/h1,5-6,12-14,16,20-21H,2-4,7-11,19H2/b15-13+,20-12?. The number of hydrogen-bond acceptors (Lipinski definition) is 5. The average molecular weight is 313 g/mol. The number of pyridine rings is 1. The van der Waals surface area contributed by atoms with Gasteiger partial charge in [-0.2, -0.15) is 0 Å². The number of aromatic nitrogens is 1. The molecule has 2 aliphatic rings. The van der Waals surface area contributed by atoms with Gasteiger partial charge in [-0.3, -0.25) is 0 Å². The predicted molar refractivity (Wildman–Crippen MR) is 95.8 cm³/mol. The van der Waals surface area contributed by atoms with Gasteiger partial charge in [0, 0.05) is 37.1 Å². The van der Waals surface area contributed by atoms with Crippen molar-refractivity contribution in [3.8, 4) is 0 Å². The van der Waals surface area contributed by atoms with Crippen molar-refractivity contribution in [2.75, 3.05) is 24.5 Å². The SMILES string of the molecule is N=C/C(=C\NC1CC(CCCN)C1)c1cccc(N2CCC2)n1. The minimum Gasteiger partial charge on any atom is -0.388 e. The van der Waals surface area contributed by atoms with Crippen molar-refractivity contribution in [2.24, 2.45) is 11.7 Å². The van der Waals surface area contributed by atoms with Crippen LogP contribution in [0.4, 0.5) is 5.82 Å². The predicted octanol–water partition coefficient (Wildman–Crippen LogP) is 2.39. The summed E-state index contributed by atoms with van der Waals surface area (Å²) in [5.74, 6) is 1.84. The van der Waals surface area contributed by atoms with E-state index in [4.69, 9.17) is 16.1 Å². The van der Waals surface area contributed by atoms with Crippen molar-refractivity contribution in [3.63, 3.8) is 0 Å². The summed E-state index contributed by atoms with van der Waals surface area (Å²) >= 11 is 0. The third kappa shape index (κ3) is 3.91. The zero-order chi connectivity index (χ0) is 16.1. The monoisotopic (exact) mass is 313 g/mol. The number of rotatable bonds is 8. The molecule has 23 heavy (non-hydrogen) atoms. The molecular formula is C18H27N5. The van der Waals surface area contributed by atoms with Crippen LogP contribution >= 0.6 is 0 Å². The fraction of sp³-hybridized carbons (Fsp3) is 0.556. The summed E-state index contributed by atoms with van der Waals surface area (Å²) in [7, 11) is 0. The highest BCUT2D eigenvalue weighted by atomic mass is 15.2. The summed E-state index contributed by atoms with van der Waals surface area (Å²) in [5, 5.41) is 11.1. The molecule has 2 heterocycles. The van der Waals surface area contributed by atoms with E-state index < -0.39 is 0 Å². The van der Waals surface area contributed by atoms with Gasteiger partial charge in [-0.25, -0.2) is 4.98 Å². The van der Waals surface area contributed by atoms with Gasteiger partial charge >= 0.3 is 0 Å². The van der Waals surface area contributed by atoms with Crippen molar-refractivity contribution >= 4 is 17.6 Å². The van der Waals surface area contributed by atoms with Crippen LogP contribution in [0.15, 0.2) is 24.4 Å². The van der Waals surface area contributed by atoms with Gasteiger partial charge < -0.3 is 21.4 Å². The van der Waals surface area contributed by atoms with Gasteiger partial charge in [0.05, 0.1) is 5.69 Å². The van der Waals surface area contributed by atoms with Gasteiger partial charge in [-0.15, -0.1) is 0 Å². The number of nitrogens with one attached hydrogen (secondary N) is 2. The van der Waals surface area contributed by atoms with Gasteiger partial charge in [0.15, 0.2) is 0 Å². The molecule has 0 atom stereocenters. The van der Waals surface area contributed by atoms with Crippen molar-refractivity contribution in [1.29, 1.82) is 5.41 Å². The number of allylic oxidation sites excluding steroid dienone is 1. The Labute approximate surface area is 138 Å². The molecule has 0 bridgehead atoms. The Morgan fingerprint density at radius 2 is 2.22 bits per heavy atom. The van der Waals surface area contributed by atoms with Crippen LogP contribution in [0.3, 0.4) is 0 Å². The third-order valence-corrected chi connectivity index (χ3v) is 4.89. The van der Waals surface area contributed by atoms with Crippen molar-refractivity contribution in [1.82, 2.24) is 10.3 Å². The largest absolute Gasteiger partial charge is 0.388 e. The van der Waals surface area contributed by atoms with E-state index in [1.807, 2.05) is 24.4 Å². The van der Waals surface area contributed by atoms with Gasteiger partial charge in [0.25, 0.3) is 0 Å². The van der Waals surface area contributed by atoms with Gasteiger partial charge in [-0.1, -0.05) is 6.07 Å². The summed E-state index contributed by atoms with van der Waals surface area (Å²) in [4.78, 5) is 6.97. The molecule has 124 valence electrons. The van der Waals surface area contributed by atoms with E-state index in [0.29, 0.717) is 6.04 Å². The zero-order valence-electron chi connectivity index (χ0n) is 13.7. The minimum atomic E-state index is 0.534. The smallest absolute Gasteiger partial charge is 0.129 e. The zero-order valence-corrected chi connectivity index (χ0v) is 13.7. The molecule has 0 spiro atoms. The Bertz CT molecular complexity index is 558. The number of nitrogens with zero attached hydrogens (tertiary/aromatic N) is 2. The van der Waals surface area contributed by atoms with Crippen LogP contribution in [-0.4, -0.2) is 36.9 Å². The lowest BCUT2D eigenvalue weighted by Crippen LogP contribution is -2.39. The lowest BCUT2D eigenvalue weighted by Gasteiger charge is -2.35. The molecular weight excluding hydrogens is 286 g/mol. The maximum absolute atomic E-state index is 7.68. The highest BCUT2D eigenvalue weighted by molar-refractivity contribution is 6.07. The Balaban J connectivity index is 1.56.